The molecule has 6 heteroatoms. The van der Waals surface area contributed by atoms with Crippen molar-refractivity contribution in [2.75, 3.05) is 0 Å². The minimum atomic E-state index is 0.521. The van der Waals surface area contributed by atoms with Gasteiger partial charge in [0.25, 0.3) is 0 Å². The Morgan fingerprint density at radius 1 is 1.00 bits per heavy atom. The van der Waals surface area contributed by atoms with Gasteiger partial charge >= 0.3 is 0 Å². The predicted octanol–water partition coefficient (Wildman–Crippen LogP) is 2.72. The van der Waals surface area contributed by atoms with Crippen molar-refractivity contribution in [1.82, 2.24) is 24.9 Å². The van der Waals surface area contributed by atoms with Crippen LogP contribution in [0, 0.1) is 4.64 Å². The summed E-state index contributed by atoms with van der Waals surface area (Å²) in [6.07, 6.45) is 1.58. The van der Waals surface area contributed by atoms with Gasteiger partial charge < -0.3 is 9.97 Å². The molecule has 2 N–H and O–H groups in total. The Morgan fingerprint density at radius 2 is 1.78 bits per heavy atom. The van der Waals surface area contributed by atoms with Gasteiger partial charge in [0.1, 0.15) is 11.0 Å². The summed E-state index contributed by atoms with van der Waals surface area (Å²) in [5.41, 5.74) is 4.86. The van der Waals surface area contributed by atoms with E-state index in [0.29, 0.717) is 4.64 Å². The fraction of sp³-hybridized carbons (Fsp3) is 0. The van der Waals surface area contributed by atoms with Gasteiger partial charge in [0, 0.05) is 0 Å². The van der Waals surface area contributed by atoms with E-state index in [9.17, 15) is 0 Å². The molecule has 3 heterocycles. The number of benzene rings is 1. The number of nitrogens with zero attached hydrogens (tertiary/aromatic N) is 3. The van der Waals surface area contributed by atoms with E-state index in [0.717, 1.165) is 33.2 Å². The molecule has 0 atom stereocenters. The number of aromatic amines is 2. The molecule has 18 heavy (non-hydrogen) atoms. The summed E-state index contributed by atoms with van der Waals surface area (Å²) in [7, 11) is 0. The molecule has 0 amide bonds. The first-order valence-electron chi connectivity index (χ1n) is 5.45. The zero-order chi connectivity index (χ0) is 12.1. The van der Waals surface area contributed by atoms with Crippen LogP contribution in [0.15, 0.2) is 30.6 Å². The first kappa shape index (κ1) is 9.67. The third-order valence-corrected chi connectivity index (χ3v) is 3.21. The summed E-state index contributed by atoms with van der Waals surface area (Å²) < 4.78 is 0.521. The smallest absolute Gasteiger partial charge is 0.159 e. The summed E-state index contributed by atoms with van der Waals surface area (Å²) in [4.78, 5) is 19.4. The van der Waals surface area contributed by atoms with E-state index < -0.39 is 0 Å². The minimum absolute atomic E-state index is 0.521. The average molecular weight is 253 g/mol. The molecule has 0 aliphatic carbocycles. The van der Waals surface area contributed by atoms with Crippen molar-refractivity contribution in [3.8, 4) is 0 Å². The number of hydrogen-bond acceptors (Lipinski definition) is 4. The monoisotopic (exact) mass is 253 g/mol. The van der Waals surface area contributed by atoms with Gasteiger partial charge in [-0.3, -0.25) is 0 Å². The van der Waals surface area contributed by atoms with Crippen molar-refractivity contribution < 1.29 is 0 Å². The molecule has 0 aliphatic rings. The van der Waals surface area contributed by atoms with Crippen molar-refractivity contribution in [1.29, 1.82) is 0 Å². The fourth-order valence-corrected chi connectivity index (χ4v) is 2.29. The van der Waals surface area contributed by atoms with Crippen molar-refractivity contribution in [2.45, 2.75) is 0 Å². The maximum atomic E-state index is 5.18. The van der Waals surface area contributed by atoms with Crippen molar-refractivity contribution in [2.24, 2.45) is 0 Å². The molecule has 3 aromatic heterocycles. The van der Waals surface area contributed by atoms with Crippen molar-refractivity contribution in [3.05, 3.63) is 35.2 Å². The minimum Gasteiger partial charge on any atom is -0.343 e. The molecule has 0 aliphatic heterocycles. The van der Waals surface area contributed by atoms with Crippen LogP contribution in [0.2, 0.25) is 0 Å². The number of nitrogens with one attached hydrogen (secondary N) is 2. The zero-order valence-electron chi connectivity index (χ0n) is 9.14. The van der Waals surface area contributed by atoms with Gasteiger partial charge in [0.05, 0.1) is 22.9 Å². The largest absolute Gasteiger partial charge is 0.343 e. The molecule has 1 aromatic carbocycles. The molecular formula is C12H7N5S. The van der Waals surface area contributed by atoms with Crippen LogP contribution < -0.4 is 0 Å². The fourth-order valence-electron chi connectivity index (χ4n) is 2.08. The van der Waals surface area contributed by atoms with Gasteiger partial charge in [-0.2, -0.15) is 0 Å². The quantitative estimate of drug-likeness (QED) is 0.473. The normalized spacial score (nSPS) is 11.6. The second-order valence-corrected chi connectivity index (χ2v) is 4.38. The number of fused-ring (bicyclic) bond motifs is 4. The molecule has 0 saturated heterocycles. The molecule has 0 bridgehead atoms. The van der Waals surface area contributed by atoms with Crippen molar-refractivity contribution in [3.63, 3.8) is 0 Å². The van der Waals surface area contributed by atoms with E-state index >= 15 is 0 Å². The third kappa shape index (κ3) is 1.20. The summed E-state index contributed by atoms with van der Waals surface area (Å²) in [6.45, 7) is 0. The number of para-hydroxylation sites is 2. The second kappa shape index (κ2) is 3.33. The van der Waals surface area contributed by atoms with Gasteiger partial charge in [0.2, 0.25) is 0 Å². The topological polar surface area (TPSA) is 70.2 Å². The Labute approximate surface area is 106 Å². The zero-order valence-corrected chi connectivity index (χ0v) is 9.95. The number of aromatic nitrogens is 5. The molecule has 0 radical (unpaired) electrons. The SMILES string of the molecule is S=c1nc[nH]c2c1[nH]c1nc3ccccc3nc12. The second-order valence-electron chi connectivity index (χ2n) is 3.99. The average Bonchev–Trinajstić information content (AvgIpc) is 2.76. The van der Waals surface area contributed by atoms with Crippen LogP contribution in [0.3, 0.4) is 0 Å². The van der Waals surface area contributed by atoms with Crippen LogP contribution in [0.1, 0.15) is 0 Å². The van der Waals surface area contributed by atoms with E-state index in [1.54, 1.807) is 6.33 Å². The Kier molecular flexibility index (Phi) is 1.79. The maximum Gasteiger partial charge on any atom is 0.159 e. The lowest BCUT2D eigenvalue weighted by Crippen LogP contribution is -1.85. The van der Waals surface area contributed by atoms with E-state index in [4.69, 9.17) is 12.2 Å². The summed E-state index contributed by atoms with van der Waals surface area (Å²) >= 11 is 5.18. The van der Waals surface area contributed by atoms with Gasteiger partial charge in [-0.1, -0.05) is 24.4 Å². The van der Waals surface area contributed by atoms with Gasteiger partial charge in [0.15, 0.2) is 10.3 Å². The van der Waals surface area contributed by atoms with Crippen LogP contribution in [-0.2, 0) is 0 Å². The Hall–Kier alpha value is -2.34. The van der Waals surface area contributed by atoms with Gasteiger partial charge in [-0.15, -0.1) is 0 Å². The van der Waals surface area contributed by atoms with E-state index in [1.165, 1.54) is 0 Å². The highest BCUT2D eigenvalue weighted by Gasteiger charge is 2.09. The summed E-state index contributed by atoms with van der Waals surface area (Å²) in [5, 5.41) is 0. The lowest BCUT2D eigenvalue weighted by atomic mass is 10.3. The highest BCUT2D eigenvalue weighted by atomic mass is 32.1. The first-order chi connectivity index (χ1) is 8.83. The Bertz CT molecular complexity index is 953. The molecule has 4 rings (SSSR count). The van der Waals surface area contributed by atoms with Crippen molar-refractivity contribution >= 4 is 45.4 Å². The molecular weight excluding hydrogens is 246 g/mol. The molecule has 4 aromatic rings. The molecule has 0 fully saturated rings. The van der Waals surface area contributed by atoms with E-state index in [-0.39, 0.29) is 0 Å². The van der Waals surface area contributed by atoms with E-state index in [2.05, 4.69) is 24.9 Å². The molecule has 5 nitrogen and oxygen atoms in total. The molecule has 0 spiro atoms. The third-order valence-electron chi connectivity index (χ3n) is 2.91. The molecule has 0 saturated carbocycles. The maximum absolute atomic E-state index is 5.18. The van der Waals surface area contributed by atoms with Crippen LogP contribution in [0.4, 0.5) is 0 Å². The lowest BCUT2D eigenvalue weighted by Gasteiger charge is -1.95. The molecule has 0 unspecified atom stereocenters. The van der Waals surface area contributed by atoms with Gasteiger partial charge in [-0.05, 0) is 12.1 Å². The van der Waals surface area contributed by atoms with Gasteiger partial charge in [-0.25, -0.2) is 15.0 Å². The summed E-state index contributed by atoms with van der Waals surface area (Å²) in [6, 6.07) is 7.76. The highest BCUT2D eigenvalue weighted by Crippen LogP contribution is 2.22. The number of hydrogen-bond donors (Lipinski definition) is 2. The van der Waals surface area contributed by atoms with Crippen LogP contribution >= 0.6 is 12.2 Å². The molecule has 86 valence electrons. The van der Waals surface area contributed by atoms with Crippen LogP contribution in [0.25, 0.3) is 33.2 Å². The standard InChI is InChI=1S/C12H7N5S/c18-12-10-8(13-5-14-12)9-11(17-10)16-7-4-2-1-3-6(7)15-9/h1-5H,(H,16,17)(H,13,14,18). The lowest BCUT2D eigenvalue weighted by molar-refractivity contribution is 1.20. The van der Waals surface area contributed by atoms with Crippen LogP contribution in [-0.4, -0.2) is 24.9 Å². The number of rotatable bonds is 0. The Morgan fingerprint density at radius 3 is 2.61 bits per heavy atom. The predicted molar refractivity (Wildman–Crippen MR) is 71.9 cm³/mol. The summed E-state index contributed by atoms with van der Waals surface area (Å²) in [5.74, 6) is 0. The van der Waals surface area contributed by atoms with E-state index in [1.807, 2.05) is 24.3 Å². The van der Waals surface area contributed by atoms with Crippen LogP contribution in [0.5, 0.6) is 0 Å². The first-order valence-corrected chi connectivity index (χ1v) is 5.85. The highest BCUT2D eigenvalue weighted by molar-refractivity contribution is 7.71. The number of H-pyrrole nitrogens is 2. The Balaban J connectivity index is 2.31.